The molecule has 2 fully saturated rings. The smallest absolute Gasteiger partial charge is 0.317 e. The Balaban J connectivity index is 1.99. The van der Waals surface area contributed by atoms with E-state index in [1.54, 1.807) is 0 Å². The zero-order chi connectivity index (χ0) is 13.0. The lowest BCUT2D eigenvalue weighted by molar-refractivity contribution is -0.139. The molecule has 3 heteroatoms. The van der Waals surface area contributed by atoms with Gasteiger partial charge < -0.3 is 5.11 Å². The number of carboxylic acids is 1. The molecule has 0 heterocycles. The van der Waals surface area contributed by atoms with Crippen LogP contribution in [0.25, 0.3) is 0 Å². The van der Waals surface area contributed by atoms with E-state index in [1.165, 1.54) is 57.8 Å². The van der Waals surface area contributed by atoms with Crippen LogP contribution in [0.3, 0.4) is 0 Å². The lowest BCUT2D eigenvalue weighted by atomic mass is 10.0. The van der Waals surface area contributed by atoms with Crippen molar-refractivity contribution in [2.75, 3.05) is 6.54 Å². The monoisotopic (exact) mass is 253 g/mol. The van der Waals surface area contributed by atoms with Gasteiger partial charge >= 0.3 is 5.97 Å². The third kappa shape index (κ3) is 3.71. The first-order chi connectivity index (χ1) is 8.66. The molecule has 0 spiro atoms. The zero-order valence-electron chi connectivity index (χ0n) is 11.6. The Morgan fingerprint density at radius 3 is 2.28 bits per heavy atom. The third-order valence-electron chi connectivity index (χ3n) is 4.81. The molecule has 2 unspecified atom stereocenters. The molecule has 2 atom stereocenters. The number of carboxylic acid groups (broad SMARTS) is 1. The highest BCUT2D eigenvalue weighted by Crippen LogP contribution is 2.31. The summed E-state index contributed by atoms with van der Waals surface area (Å²) in [6, 6.07) is 1.06. The Hall–Kier alpha value is -0.570. The highest BCUT2D eigenvalue weighted by molar-refractivity contribution is 5.69. The van der Waals surface area contributed by atoms with Crippen molar-refractivity contribution < 1.29 is 9.90 Å². The molecule has 0 amide bonds. The molecule has 0 aromatic carbocycles. The minimum absolute atomic E-state index is 0.254. The highest BCUT2D eigenvalue weighted by atomic mass is 16.4. The van der Waals surface area contributed by atoms with Gasteiger partial charge in [0.25, 0.3) is 0 Å². The Bertz CT molecular complexity index is 274. The molecule has 0 radical (unpaired) electrons. The molecule has 3 nitrogen and oxygen atoms in total. The maximum Gasteiger partial charge on any atom is 0.317 e. The molecule has 104 valence electrons. The lowest BCUT2D eigenvalue weighted by Gasteiger charge is -2.35. The first-order valence-electron chi connectivity index (χ1n) is 7.64. The van der Waals surface area contributed by atoms with Crippen LogP contribution < -0.4 is 0 Å². The fourth-order valence-electron chi connectivity index (χ4n) is 3.75. The molecule has 0 aromatic rings. The number of hydrogen-bond donors (Lipinski definition) is 1. The van der Waals surface area contributed by atoms with Gasteiger partial charge in [-0.3, -0.25) is 9.69 Å². The van der Waals surface area contributed by atoms with E-state index in [2.05, 4.69) is 11.8 Å². The van der Waals surface area contributed by atoms with E-state index in [9.17, 15) is 4.79 Å². The number of rotatable bonds is 4. The van der Waals surface area contributed by atoms with Crippen LogP contribution in [-0.4, -0.2) is 34.6 Å². The second-order valence-electron chi connectivity index (χ2n) is 6.27. The van der Waals surface area contributed by atoms with Crippen molar-refractivity contribution in [1.82, 2.24) is 4.90 Å². The first kappa shape index (κ1) is 13.9. The Labute approximate surface area is 111 Å². The molecule has 2 aliphatic rings. The van der Waals surface area contributed by atoms with E-state index in [1.807, 2.05) is 0 Å². The number of hydrogen-bond acceptors (Lipinski definition) is 2. The van der Waals surface area contributed by atoms with E-state index in [4.69, 9.17) is 5.11 Å². The molecule has 0 saturated heterocycles. The van der Waals surface area contributed by atoms with Crippen LogP contribution in [0, 0.1) is 5.92 Å². The third-order valence-corrected chi connectivity index (χ3v) is 4.81. The highest BCUT2D eigenvalue weighted by Gasteiger charge is 2.31. The number of aliphatic carboxylic acids is 1. The molecule has 0 bridgehead atoms. The standard InChI is InChI=1S/C15H27NO2/c1-12-5-4-8-14(10-9-12)16(11-15(17)18)13-6-2-3-7-13/h12-14H,2-11H2,1H3,(H,17,18). The van der Waals surface area contributed by atoms with Crippen molar-refractivity contribution in [3.8, 4) is 0 Å². The second-order valence-corrected chi connectivity index (χ2v) is 6.27. The molecule has 1 N–H and O–H groups in total. The van der Waals surface area contributed by atoms with Crippen LogP contribution in [0.4, 0.5) is 0 Å². The van der Waals surface area contributed by atoms with Gasteiger partial charge in [0.2, 0.25) is 0 Å². The quantitative estimate of drug-likeness (QED) is 0.782. The van der Waals surface area contributed by atoms with Gasteiger partial charge in [-0.1, -0.05) is 32.6 Å². The topological polar surface area (TPSA) is 40.5 Å². The normalized spacial score (nSPS) is 30.6. The van der Waals surface area contributed by atoms with Crippen molar-refractivity contribution in [1.29, 1.82) is 0 Å². The minimum Gasteiger partial charge on any atom is -0.480 e. The number of nitrogens with zero attached hydrogens (tertiary/aromatic N) is 1. The largest absolute Gasteiger partial charge is 0.480 e. The van der Waals surface area contributed by atoms with Gasteiger partial charge in [0.15, 0.2) is 0 Å². The maximum atomic E-state index is 11.1. The average molecular weight is 253 g/mol. The minimum atomic E-state index is -0.654. The van der Waals surface area contributed by atoms with E-state index < -0.39 is 5.97 Å². The summed E-state index contributed by atoms with van der Waals surface area (Å²) in [5, 5.41) is 9.16. The summed E-state index contributed by atoms with van der Waals surface area (Å²) >= 11 is 0. The summed E-state index contributed by atoms with van der Waals surface area (Å²) in [7, 11) is 0. The van der Waals surface area contributed by atoms with E-state index in [0.717, 1.165) is 5.92 Å². The van der Waals surface area contributed by atoms with Gasteiger partial charge in [0.1, 0.15) is 0 Å². The van der Waals surface area contributed by atoms with Gasteiger partial charge in [0, 0.05) is 12.1 Å². The fourth-order valence-corrected chi connectivity index (χ4v) is 3.75. The van der Waals surface area contributed by atoms with Crippen molar-refractivity contribution in [3.63, 3.8) is 0 Å². The SMILES string of the molecule is CC1CCCC(N(CC(=O)O)C2CCCC2)CC1. The van der Waals surface area contributed by atoms with Crippen molar-refractivity contribution in [2.24, 2.45) is 5.92 Å². The Morgan fingerprint density at radius 1 is 1.00 bits per heavy atom. The van der Waals surface area contributed by atoms with Gasteiger partial charge in [0.05, 0.1) is 6.54 Å². The predicted molar refractivity (Wildman–Crippen MR) is 72.6 cm³/mol. The summed E-state index contributed by atoms with van der Waals surface area (Å²) in [4.78, 5) is 13.4. The Morgan fingerprint density at radius 2 is 1.61 bits per heavy atom. The van der Waals surface area contributed by atoms with Crippen LogP contribution in [0.1, 0.15) is 64.7 Å². The molecule has 18 heavy (non-hydrogen) atoms. The van der Waals surface area contributed by atoms with Crippen molar-refractivity contribution >= 4 is 5.97 Å². The van der Waals surface area contributed by atoms with Crippen LogP contribution >= 0.6 is 0 Å². The zero-order valence-corrected chi connectivity index (χ0v) is 11.6. The molecule has 2 rings (SSSR count). The maximum absolute atomic E-state index is 11.1. The summed E-state index contributed by atoms with van der Waals surface area (Å²) < 4.78 is 0. The Kier molecular flexibility index (Phi) is 5.04. The first-order valence-corrected chi connectivity index (χ1v) is 7.64. The summed E-state index contributed by atoms with van der Waals surface area (Å²) in [6.07, 6.45) is 11.2. The van der Waals surface area contributed by atoms with E-state index >= 15 is 0 Å². The van der Waals surface area contributed by atoms with Crippen molar-refractivity contribution in [3.05, 3.63) is 0 Å². The van der Waals surface area contributed by atoms with Crippen LogP contribution in [0.15, 0.2) is 0 Å². The van der Waals surface area contributed by atoms with Crippen LogP contribution in [-0.2, 0) is 4.79 Å². The molecule has 2 aliphatic carbocycles. The van der Waals surface area contributed by atoms with Crippen molar-refractivity contribution in [2.45, 2.75) is 76.8 Å². The number of carbonyl (C=O) groups is 1. The van der Waals surface area contributed by atoms with Gasteiger partial charge in [-0.25, -0.2) is 0 Å². The van der Waals surface area contributed by atoms with Crippen LogP contribution in [0.2, 0.25) is 0 Å². The summed E-state index contributed by atoms with van der Waals surface area (Å²) in [5.74, 6) is 0.171. The molecule has 2 saturated carbocycles. The van der Waals surface area contributed by atoms with Crippen LogP contribution in [0.5, 0.6) is 0 Å². The van der Waals surface area contributed by atoms with Gasteiger partial charge in [-0.2, -0.15) is 0 Å². The predicted octanol–water partition coefficient (Wildman–Crippen LogP) is 3.28. The molecular weight excluding hydrogens is 226 g/mol. The average Bonchev–Trinajstić information content (AvgIpc) is 2.76. The summed E-state index contributed by atoms with van der Waals surface area (Å²) in [6.45, 7) is 2.59. The van der Waals surface area contributed by atoms with E-state index in [-0.39, 0.29) is 6.54 Å². The molecule has 0 aliphatic heterocycles. The van der Waals surface area contributed by atoms with Gasteiger partial charge in [-0.05, 0) is 38.0 Å². The molecular formula is C15H27NO2. The van der Waals surface area contributed by atoms with E-state index in [0.29, 0.717) is 12.1 Å². The summed E-state index contributed by atoms with van der Waals surface area (Å²) in [5.41, 5.74) is 0. The molecule has 0 aromatic heterocycles. The lowest BCUT2D eigenvalue weighted by Crippen LogP contribution is -2.44. The fraction of sp³-hybridized carbons (Fsp3) is 0.933. The van der Waals surface area contributed by atoms with Gasteiger partial charge in [-0.15, -0.1) is 0 Å². The second kappa shape index (κ2) is 6.55.